The van der Waals surface area contributed by atoms with E-state index in [1.807, 2.05) is 0 Å². The first-order valence-corrected chi connectivity index (χ1v) is 3.68. The maximum atomic E-state index is 12.1. The monoisotopic (exact) mass is 182 g/mol. The minimum atomic E-state index is -4.25. The second kappa shape index (κ2) is 3.94. The number of halogens is 3. The van der Waals surface area contributed by atoms with Crippen molar-refractivity contribution in [3.63, 3.8) is 0 Å². The van der Waals surface area contributed by atoms with Crippen LogP contribution in [0.4, 0.5) is 13.2 Å². The van der Waals surface area contributed by atoms with E-state index in [0.717, 1.165) is 13.0 Å². The van der Waals surface area contributed by atoms with E-state index >= 15 is 0 Å². The van der Waals surface area contributed by atoms with Crippen LogP contribution in [0.1, 0.15) is 13.8 Å². The molecule has 0 spiro atoms. The molecule has 1 nitrogen and oxygen atoms in total. The van der Waals surface area contributed by atoms with Gasteiger partial charge in [-0.1, -0.05) is 19.9 Å². The van der Waals surface area contributed by atoms with Crippen molar-refractivity contribution in [2.45, 2.75) is 26.1 Å². The van der Waals surface area contributed by atoms with Crippen LogP contribution in [-0.2, 0) is 0 Å². The molecule has 0 aromatic heterocycles. The van der Waals surface area contributed by atoms with E-state index in [2.05, 4.69) is 6.58 Å². The predicted octanol–water partition coefficient (Wildman–Crippen LogP) is 2.37. The van der Waals surface area contributed by atoms with Crippen LogP contribution < -0.4 is 0 Å². The van der Waals surface area contributed by atoms with Gasteiger partial charge < -0.3 is 5.11 Å². The van der Waals surface area contributed by atoms with Gasteiger partial charge in [-0.05, 0) is 5.92 Å². The summed E-state index contributed by atoms with van der Waals surface area (Å²) in [5.74, 6) is -2.35. The Balaban J connectivity index is 4.28. The molecule has 0 amide bonds. The Morgan fingerprint density at radius 3 is 2.00 bits per heavy atom. The first-order chi connectivity index (χ1) is 5.30. The van der Waals surface area contributed by atoms with Crippen molar-refractivity contribution in [2.24, 2.45) is 11.8 Å². The molecule has 0 heterocycles. The van der Waals surface area contributed by atoms with Crippen molar-refractivity contribution in [3.8, 4) is 0 Å². The third kappa shape index (κ3) is 2.85. The van der Waals surface area contributed by atoms with Gasteiger partial charge in [0.25, 0.3) is 0 Å². The van der Waals surface area contributed by atoms with E-state index < -0.39 is 24.1 Å². The summed E-state index contributed by atoms with van der Waals surface area (Å²) in [7, 11) is 0. The molecule has 0 fully saturated rings. The highest BCUT2D eigenvalue weighted by atomic mass is 19.4. The molecule has 0 aliphatic rings. The van der Waals surface area contributed by atoms with E-state index in [1.165, 1.54) is 6.92 Å². The normalized spacial score (nSPS) is 19.8. The summed E-state index contributed by atoms with van der Waals surface area (Å²) in [6, 6.07) is 0. The summed E-state index contributed by atoms with van der Waals surface area (Å²) in [6.07, 6.45) is -4.22. The standard InChI is InChI=1S/C8H13F3O/c1-4-7(12)5(2)6(3)8(9,10)11/h4-7,12H,1H2,2-3H3/t5-,6+,7?/m1/s1. The average Bonchev–Trinajstić information content (AvgIpc) is 1.98. The highest BCUT2D eigenvalue weighted by Gasteiger charge is 2.41. The fraction of sp³-hybridized carbons (Fsp3) is 0.750. The van der Waals surface area contributed by atoms with Crippen LogP contribution in [0.15, 0.2) is 12.7 Å². The van der Waals surface area contributed by atoms with Crippen LogP contribution in [0.5, 0.6) is 0 Å². The Hall–Kier alpha value is -0.510. The van der Waals surface area contributed by atoms with Gasteiger partial charge in [0.05, 0.1) is 12.0 Å². The van der Waals surface area contributed by atoms with Crippen molar-refractivity contribution in [1.29, 1.82) is 0 Å². The fourth-order valence-electron chi connectivity index (χ4n) is 0.809. The number of rotatable bonds is 3. The Morgan fingerprint density at radius 2 is 1.75 bits per heavy atom. The zero-order chi connectivity index (χ0) is 9.94. The van der Waals surface area contributed by atoms with Gasteiger partial charge in [-0.3, -0.25) is 0 Å². The van der Waals surface area contributed by atoms with Crippen molar-refractivity contribution in [3.05, 3.63) is 12.7 Å². The average molecular weight is 182 g/mol. The molecular formula is C8H13F3O. The highest BCUT2D eigenvalue weighted by Crippen LogP contribution is 2.33. The Labute approximate surface area is 69.9 Å². The quantitative estimate of drug-likeness (QED) is 0.664. The Bertz CT molecular complexity index is 153. The zero-order valence-electron chi connectivity index (χ0n) is 7.10. The van der Waals surface area contributed by atoms with Crippen LogP contribution in [0.3, 0.4) is 0 Å². The summed E-state index contributed by atoms with van der Waals surface area (Å²) in [5, 5.41) is 9.04. The molecular weight excluding hydrogens is 169 g/mol. The molecule has 1 unspecified atom stereocenters. The van der Waals surface area contributed by atoms with Crippen LogP contribution in [0.25, 0.3) is 0 Å². The summed E-state index contributed by atoms with van der Waals surface area (Å²) in [4.78, 5) is 0. The number of aliphatic hydroxyl groups excluding tert-OH is 1. The van der Waals surface area contributed by atoms with Crippen LogP contribution >= 0.6 is 0 Å². The molecule has 0 rings (SSSR count). The molecule has 0 saturated heterocycles. The Kier molecular flexibility index (Phi) is 3.77. The molecule has 72 valence electrons. The summed E-state index contributed by atoms with van der Waals surface area (Å²) >= 11 is 0. The number of alkyl halides is 3. The third-order valence-corrected chi connectivity index (χ3v) is 2.09. The lowest BCUT2D eigenvalue weighted by Gasteiger charge is -2.24. The molecule has 0 bridgehead atoms. The molecule has 12 heavy (non-hydrogen) atoms. The minimum Gasteiger partial charge on any atom is -0.389 e. The number of aliphatic hydroxyl groups is 1. The van der Waals surface area contributed by atoms with Crippen LogP contribution in [0, 0.1) is 11.8 Å². The van der Waals surface area contributed by atoms with Gasteiger partial charge in [-0.2, -0.15) is 13.2 Å². The van der Waals surface area contributed by atoms with Crippen molar-refractivity contribution >= 4 is 0 Å². The maximum Gasteiger partial charge on any atom is 0.391 e. The number of hydrogen-bond acceptors (Lipinski definition) is 1. The minimum absolute atomic E-state index is 0.845. The van der Waals surface area contributed by atoms with E-state index in [4.69, 9.17) is 5.11 Å². The lowest BCUT2D eigenvalue weighted by molar-refractivity contribution is -0.188. The Morgan fingerprint density at radius 1 is 1.33 bits per heavy atom. The van der Waals surface area contributed by atoms with E-state index in [1.54, 1.807) is 0 Å². The molecule has 3 atom stereocenters. The number of hydrogen-bond donors (Lipinski definition) is 1. The predicted molar refractivity (Wildman–Crippen MR) is 40.6 cm³/mol. The lowest BCUT2D eigenvalue weighted by atomic mass is 9.90. The first-order valence-electron chi connectivity index (χ1n) is 3.68. The van der Waals surface area contributed by atoms with E-state index in [-0.39, 0.29) is 0 Å². The van der Waals surface area contributed by atoms with Gasteiger partial charge in [0.1, 0.15) is 0 Å². The highest BCUT2D eigenvalue weighted by molar-refractivity contribution is 4.86. The van der Waals surface area contributed by atoms with Crippen molar-refractivity contribution < 1.29 is 18.3 Å². The van der Waals surface area contributed by atoms with Crippen molar-refractivity contribution in [2.75, 3.05) is 0 Å². The molecule has 0 aliphatic heterocycles. The first kappa shape index (κ1) is 11.5. The van der Waals surface area contributed by atoms with Gasteiger partial charge in [-0.25, -0.2) is 0 Å². The SMILES string of the molecule is C=CC(O)[C@H](C)[C@H](C)C(F)(F)F. The second-order valence-electron chi connectivity index (χ2n) is 2.92. The second-order valence-corrected chi connectivity index (χ2v) is 2.92. The van der Waals surface area contributed by atoms with Crippen LogP contribution in [-0.4, -0.2) is 17.4 Å². The lowest BCUT2D eigenvalue weighted by Crippen LogP contribution is -2.32. The van der Waals surface area contributed by atoms with Gasteiger partial charge >= 0.3 is 6.18 Å². The zero-order valence-corrected chi connectivity index (χ0v) is 7.10. The molecule has 4 heteroatoms. The molecule has 1 N–H and O–H groups in total. The van der Waals surface area contributed by atoms with Crippen LogP contribution in [0.2, 0.25) is 0 Å². The molecule has 0 radical (unpaired) electrons. The largest absolute Gasteiger partial charge is 0.391 e. The maximum absolute atomic E-state index is 12.1. The smallest absolute Gasteiger partial charge is 0.389 e. The van der Waals surface area contributed by atoms with Crippen molar-refractivity contribution in [1.82, 2.24) is 0 Å². The molecule has 0 aliphatic carbocycles. The topological polar surface area (TPSA) is 20.2 Å². The molecule has 0 aromatic rings. The van der Waals surface area contributed by atoms with Gasteiger partial charge in [0.2, 0.25) is 0 Å². The molecule has 0 saturated carbocycles. The summed E-state index contributed by atoms with van der Waals surface area (Å²) < 4.78 is 36.2. The summed E-state index contributed by atoms with van der Waals surface area (Å²) in [6.45, 7) is 5.63. The van der Waals surface area contributed by atoms with E-state index in [0.29, 0.717) is 0 Å². The summed E-state index contributed by atoms with van der Waals surface area (Å²) in [5.41, 5.74) is 0. The van der Waals surface area contributed by atoms with Gasteiger partial charge in [0.15, 0.2) is 0 Å². The molecule has 0 aromatic carbocycles. The van der Waals surface area contributed by atoms with Gasteiger partial charge in [0, 0.05) is 0 Å². The third-order valence-electron chi connectivity index (χ3n) is 2.09. The fourth-order valence-corrected chi connectivity index (χ4v) is 0.809. The van der Waals surface area contributed by atoms with E-state index in [9.17, 15) is 13.2 Å². The van der Waals surface area contributed by atoms with Gasteiger partial charge in [-0.15, -0.1) is 6.58 Å².